The van der Waals surface area contributed by atoms with Crippen LogP contribution < -0.4 is 0 Å². The van der Waals surface area contributed by atoms with Gasteiger partial charge in [-0.1, -0.05) is 41.0 Å². The van der Waals surface area contributed by atoms with E-state index in [9.17, 15) is 13.2 Å². The molecule has 2 aliphatic rings. The van der Waals surface area contributed by atoms with E-state index in [2.05, 4.69) is 10.1 Å². The van der Waals surface area contributed by atoms with E-state index < -0.39 is 9.84 Å². The van der Waals surface area contributed by atoms with Gasteiger partial charge in [0.05, 0.1) is 39.1 Å². The van der Waals surface area contributed by atoms with Crippen LogP contribution in [0.4, 0.5) is 0 Å². The quantitative estimate of drug-likeness (QED) is 0.705. The summed E-state index contributed by atoms with van der Waals surface area (Å²) in [5, 5.41) is 6.88. The van der Waals surface area contributed by atoms with Gasteiger partial charge in [0, 0.05) is 12.5 Å². The van der Waals surface area contributed by atoms with E-state index in [4.69, 9.17) is 23.2 Å². The number of benzene rings is 1. The summed E-state index contributed by atoms with van der Waals surface area (Å²) < 4.78 is 23.7. The maximum Gasteiger partial charge on any atom is 0.245 e. The molecule has 0 aliphatic carbocycles. The number of carbonyl (C=O) groups is 1. The number of sulfone groups is 1. The first-order valence-electron chi connectivity index (χ1n) is 7.00. The van der Waals surface area contributed by atoms with Crippen molar-refractivity contribution in [3.8, 4) is 0 Å². The lowest BCUT2D eigenvalue weighted by atomic mass is 10.2. The number of rotatable bonds is 2. The summed E-state index contributed by atoms with van der Waals surface area (Å²) in [6.45, 7) is 1.34. The largest absolute Gasteiger partial charge is 0.273 e. The van der Waals surface area contributed by atoms with Crippen molar-refractivity contribution in [2.75, 3.05) is 11.5 Å². The fraction of sp³-hybridized carbons (Fsp3) is 0.357. The van der Waals surface area contributed by atoms with Crippen molar-refractivity contribution in [1.29, 1.82) is 0 Å². The number of hydrazone groups is 1. The Hall–Kier alpha value is -1.09. The van der Waals surface area contributed by atoms with E-state index in [1.807, 2.05) is 0 Å². The number of carbonyl (C=O) groups excluding carboxylic acids is 1. The second kappa shape index (κ2) is 6.67. The normalized spacial score (nSPS) is 27.1. The van der Waals surface area contributed by atoms with Gasteiger partial charge < -0.3 is 0 Å². The summed E-state index contributed by atoms with van der Waals surface area (Å²) in [4.78, 5) is 15.3. The predicted molar refractivity (Wildman–Crippen MR) is 97.8 cm³/mol. The molecule has 1 aromatic carbocycles. The van der Waals surface area contributed by atoms with E-state index in [0.29, 0.717) is 20.8 Å². The van der Waals surface area contributed by atoms with E-state index in [0.717, 1.165) is 0 Å². The van der Waals surface area contributed by atoms with Crippen molar-refractivity contribution in [1.82, 2.24) is 5.01 Å². The Morgan fingerprint density at radius 2 is 2.00 bits per heavy atom. The average Bonchev–Trinajstić information content (AvgIpc) is 2.90. The van der Waals surface area contributed by atoms with Crippen LogP contribution in [0.5, 0.6) is 0 Å². The van der Waals surface area contributed by atoms with Crippen LogP contribution in [0.3, 0.4) is 0 Å². The van der Waals surface area contributed by atoms with Gasteiger partial charge in [-0.25, -0.2) is 13.4 Å². The molecule has 0 N–H and O–H groups in total. The molecule has 3 rings (SSSR count). The van der Waals surface area contributed by atoms with Crippen molar-refractivity contribution in [3.63, 3.8) is 0 Å². The second-order valence-corrected chi connectivity index (χ2v) is 9.61. The van der Waals surface area contributed by atoms with Crippen molar-refractivity contribution in [2.24, 2.45) is 10.1 Å². The summed E-state index contributed by atoms with van der Waals surface area (Å²) in [5.74, 6) is -0.329. The summed E-state index contributed by atoms with van der Waals surface area (Å²) in [5.41, 5.74) is 0.525. The van der Waals surface area contributed by atoms with Crippen molar-refractivity contribution in [2.45, 2.75) is 18.2 Å². The average molecular weight is 406 g/mol. The minimum absolute atomic E-state index is 0.0187. The van der Waals surface area contributed by atoms with Gasteiger partial charge in [0.15, 0.2) is 15.0 Å². The molecule has 0 unspecified atom stereocenters. The van der Waals surface area contributed by atoms with Crippen LogP contribution in [-0.2, 0) is 14.6 Å². The highest BCUT2D eigenvalue weighted by Gasteiger charge is 2.49. The molecule has 1 aromatic rings. The number of nitrogens with zero attached hydrogens (tertiary/aromatic N) is 3. The first-order valence-corrected chi connectivity index (χ1v) is 10.5. The number of hydrogen-bond acceptors (Lipinski definition) is 5. The van der Waals surface area contributed by atoms with Gasteiger partial charge in [0.2, 0.25) is 5.91 Å². The van der Waals surface area contributed by atoms with E-state index >= 15 is 0 Å². The first-order chi connectivity index (χ1) is 11.3. The highest BCUT2D eigenvalue weighted by molar-refractivity contribution is 8.15. The Morgan fingerprint density at radius 1 is 1.33 bits per heavy atom. The summed E-state index contributed by atoms with van der Waals surface area (Å²) in [7, 11) is -3.12. The molecular weight excluding hydrogens is 393 g/mol. The zero-order valence-electron chi connectivity index (χ0n) is 12.5. The lowest BCUT2D eigenvalue weighted by Gasteiger charge is -2.18. The van der Waals surface area contributed by atoms with Crippen LogP contribution in [-0.4, -0.2) is 53.5 Å². The number of fused-ring (bicyclic) bond motifs is 1. The number of thioether (sulfide) groups is 1. The summed E-state index contributed by atoms with van der Waals surface area (Å²) >= 11 is 13.5. The molecule has 0 saturated carbocycles. The second-order valence-electron chi connectivity index (χ2n) is 5.44. The minimum atomic E-state index is -3.12. The Balaban J connectivity index is 1.95. The van der Waals surface area contributed by atoms with E-state index in [1.54, 1.807) is 18.2 Å². The molecule has 0 spiro atoms. The highest BCUT2D eigenvalue weighted by Crippen LogP contribution is 2.38. The fourth-order valence-electron chi connectivity index (χ4n) is 2.57. The fourth-order valence-corrected chi connectivity index (χ4v) is 6.94. The number of amidine groups is 1. The third-order valence-corrected chi connectivity index (χ3v) is 7.46. The zero-order valence-corrected chi connectivity index (χ0v) is 15.7. The molecule has 2 saturated heterocycles. The molecule has 2 atom stereocenters. The van der Waals surface area contributed by atoms with Crippen LogP contribution in [0.2, 0.25) is 10.0 Å². The van der Waals surface area contributed by atoms with Crippen LogP contribution >= 0.6 is 35.0 Å². The smallest absolute Gasteiger partial charge is 0.245 e. The van der Waals surface area contributed by atoms with Gasteiger partial charge in [-0.15, -0.1) is 0 Å². The third-order valence-electron chi connectivity index (χ3n) is 3.60. The molecule has 2 heterocycles. The van der Waals surface area contributed by atoms with Crippen molar-refractivity contribution < 1.29 is 13.2 Å². The molecule has 1 amide bonds. The predicted octanol–water partition coefficient (Wildman–Crippen LogP) is 2.44. The van der Waals surface area contributed by atoms with Gasteiger partial charge in [0.25, 0.3) is 0 Å². The topological polar surface area (TPSA) is 79.2 Å². The van der Waals surface area contributed by atoms with Gasteiger partial charge in [-0.3, -0.25) is 4.79 Å². The summed E-state index contributed by atoms with van der Waals surface area (Å²) in [6.07, 6.45) is 1.47. The number of amides is 1. The number of aliphatic imine (C=N–C) groups is 1. The van der Waals surface area contributed by atoms with Crippen molar-refractivity contribution >= 4 is 62.1 Å². The van der Waals surface area contributed by atoms with Crippen LogP contribution in [0.15, 0.2) is 28.3 Å². The molecule has 2 aliphatic heterocycles. The SMILES string of the molecule is CC(=O)N=C1S[C@H]2CS(=O)(=O)C[C@@H]2N1/N=C\c1c(Cl)cccc1Cl. The minimum Gasteiger partial charge on any atom is -0.273 e. The Bertz CT molecular complexity index is 835. The zero-order chi connectivity index (χ0) is 17.5. The Morgan fingerprint density at radius 3 is 2.62 bits per heavy atom. The molecule has 24 heavy (non-hydrogen) atoms. The summed E-state index contributed by atoms with van der Waals surface area (Å²) in [6, 6.07) is 4.73. The Kier molecular flexibility index (Phi) is 4.92. The van der Waals surface area contributed by atoms with Gasteiger partial charge in [-0.2, -0.15) is 10.1 Å². The van der Waals surface area contributed by atoms with Gasteiger partial charge in [0.1, 0.15) is 0 Å². The lowest BCUT2D eigenvalue weighted by Crippen LogP contribution is -2.33. The number of hydrogen-bond donors (Lipinski definition) is 0. The number of halogens is 2. The standard InChI is InChI=1S/C14H13Cl2N3O3S2/c1-8(20)18-14-19(12-6-24(21,22)7-13(12)23-14)17-5-9-10(15)3-2-4-11(9)16/h2-5,12-13H,6-7H2,1H3/b17-5-,18-14?/t12-,13-/m0/s1. The van der Waals surface area contributed by atoms with E-state index in [1.165, 1.54) is 29.9 Å². The molecular formula is C14H13Cl2N3O3S2. The third kappa shape index (κ3) is 3.61. The molecule has 128 valence electrons. The molecule has 0 radical (unpaired) electrons. The molecule has 10 heteroatoms. The van der Waals surface area contributed by atoms with E-state index in [-0.39, 0.29) is 28.7 Å². The molecule has 0 bridgehead atoms. The van der Waals surface area contributed by atoms with Crippen LogP contribution in [0.25, 0.3) is 0 Å². The molecule has 0 aromatic heterocycles. The Labute approximate surface area is 153 Å². The van der Waals surface area contributed by atoms with Gasteiger partial charge >= 0.3 is 0 Å². The molecule has 2 fully saturated rings. The van der Waals surface area contributed by atoms with Crippen LogP contribution in [0, 0.1) is 0 Å². The van der Waals surface area contributed by atoms with Gasteiger partial charge in [-0.05, 0) is 12.1 Å². The molecule has 6 nitrogen and oxygen atoms in total. The van der Waals surface area contributed by atoms with Crippen LogP contribution in [0.1, 0.15) is 12.5 Å². The first kappa shape index (κ1) is 17.7. The monoisotopic (exact) mass is 405 g/mol. The maximum absolute atomic E-state index is 11.9. The maximum atomic E-state index is 11.9. The van der Waals surface area contributed by atoms with Crippen molar-refractivity contribution in [3.05, 3.63) is 33.8 Å². The highest BCUT2D eigenvalue weighted by atomic mass is 35.5. The lowest BCUT2D eigenvalue weighted by molar-refractivity contribution is -0.115.